The van der Waals surface area contributed by atoms with Gasteiger partial charge in [0, 0.05) is 25.7 Å². The Morgan fingerprint density at radius 2 is 2.22 bits per heavy atom. The first-order valence-corrected chi connectivity index (χ1v) is 6.28. The van der Waals surface area contributed by atoms with E-state index in [1.165, 1.54) is 6.33 Å². The van der Waals surface area contributed by atoms with Crippen LogP contribution in [-0.4, -0.2) is 61.4 Å². The molecule has 6 heteroatoms. The van der Waals surface area contributed by atoms with E-state index in [4.69, 9.17) is 9.47 Å². The molecule has 0 amide bonds. The molecule has 2 rings (SSSR count). The number of methoxy groups -OCH3 is 1. The van der Waals surface area contributed by atoms with Gasteiger partial charge in [-0.1, -0.05) is 0 Å². The van der Waals surface area contributed by atoms with E-state index >= 15 is 0 Å². The molecule has 1 aliphatic heterocycles. The van der Waals surface area contributed by atoms with Crippen molar-refractivity contribution in [2.24, 2.45) is 0 Å². The number of hydrogen-bond acceptors (Lipinski definition) is 6. The summed E-state index contributed by atoms with van der Waals surface area (Å²) in [5.74, 6) is 1.39. The lowest BCUT2D eigenvalue weighted by atomic mass is 10.3. The van der Waals surface area contributed by atoms with Crippen LogP contribution < -0.4 is 10.1 Å². The average molecular weight is 252 g/mol. The summed E-state index contributed by atoms with van der Waals surface area (Å²) in [4.78, 5) is 10.5. The first-order valence-electron chi connectivity index (χ1n) is 6.28. The summed E-state index contributed by atoms with van der Waals surface area (Å²) >= 11 is 0. The maximum absolute atomic E-state index is 5.31. The van der Waals surface area contributed by atoms with Crippen LogP contribution in [0, 0.1) is 0 Å². The van der Waals surface area contributed by atoms with Gasteiger partial charge in [0.05, 0.1) is 20.3 Å². The molecule has 100 valence electrons. The van der Waals surface area contributed by atoms with Crippen molar-refractivity contribution < 1.29 is 9.47 Å². The Labute approximate surface area is 107 Å². The normalized spacial score (nSPS) is 16.5. The molecule has 0 aliphatic carbocycles. The second-order valence-electron chi connectivity index (χ2n) is 4.18. The molecule has 6 nitrogen and oxygen atoms in total. The van der Waals surface area contributed by atoms with Crippen LogP contribution in [0.15, 0.2) is 12.4 Å². The Kier molecular flexibility index (Phi) is 5.16. The van der Waals surface area contributed by atoms with E-state index in [-0.39, 0.29) is 0 Å². The summed E-state index contributed by atoms with van der Waals surface area (Å²) in [5, 5.41) is 3.27. The number of anilines is 1. The third-order valence-corrected chi connectivity index (χ3v) is 2.91. The van der Waals surface area contributed by atoms with Gasteiger partial charge in [-0.05, 0) is 13.0 Å². The molecule has 1 aliphatic rings. The third-order valence-electron chi connectivity index (χ3n) is 2.91. The molecule has 0 aromatic carbocycles. The van der Waals surface area contributed by atoms with Crippen molar-refractivity contribution in [3.05, 3.63) is 12.4 Å². The van der Waals surface area contributed by atoms with Crippen LogP contribution in [0.2, 0.25) is 0 Å². The Balaban J connectivity index is 1.65. The van der Waals surface area contributed by atoms with Crippen LogP contribution in [-0.2, 0) is 4.74 Å². The highest BCUT2D eigenvalue weighted by atomic mass is 16.5. The zero-order chi connectivity index (χ0) is 12.6. The van der Waals surface area contributed by atoms with E-state index in [1.54, 1.807) is 13.2 Å². The van der Waals surface area contributed by atoms with Gasteiger partial charge in [0.2, 0.25) is 5.88 Å². The number of morpholine rings is 1. The SMILES string of the molecule is COc1cc(NCCCN2CCOCC2)ncn1. The van der Waals surface area contributed by atoms with E-state index in [0.717, 1.165) is 51.6 Å². The fourth-order valence-electron chi connectivity index (χ4n) is 1.89. The van der Waals surface area contributed by atoms with E-state index in [1.807, 2.05) is 0 Å². The lowest BCUT2D eigenvalue weighted by molar-refractivity contribution is 0.0378. The molecule has 1 N–H and O–H groups in total. The average Bonchev–Trinajstić information content (AvgIpc) is 2.45. The Bertz CT molecular complexity index is 356. The topological polar surface area (TPSA) is 59.5 Å². The molecule has 2 heterocycles. The third kappa shape index (κ3) is 4.12. The van der Waals surface area contributed by atoms with Crippen LogP contribution in [0.1, 0.15) is 6.42 Å². The standard InChI is InChI=1S/C12H20N4O2/c1-17-12-9-11(14-10-15-12)13-3-2-4-16-5-7-18-8-6-16/h9-10H,2-8H2,1H3,(H,13,14,15). The second kappa shape index (κ2) is 7.13. The number of hydrogen-bond donors (Lipinski definition) is 1. The quantitative estimate of drug-likeness (QED) is 0.749. The molecule has 0 atom stereocenters. The van der Waals surface area contributed by atoms with Gasteiger partial charge in [0.1, 0.15) is 12.1 Å². The Hall–Kier alpha value is -1.40. The first kappa shape index (κ1) is 13.0. The molecular weight excluding hydrogens is 232 g/mol. The molecule has 0 unspecified atom stereocenters. The monoisotopic (exact) mass is 252 g/mol. The fraction of sp³-hybridized carbons (Fsp3) is 0.667. The Morgan fingerprint density at radius 3 is 3.00 bits per heavy atom. The number of ether oxygens (including phenoxy) is 2. The predicted octanol–water partition coefficient (Wildman–Crippen LogP) is 0.619. The first-order chi connectivity index (χ1) is 8.88. The molecule has 1 fully saturated rings. The molecule has 1 aromatic rings. The highest BCUT2D eigenvalue weighted by Gasteiger charge is 2.09. The van der Waals surface area contributed by atoms with E-state index < -0.39 is 0 Å². The molecule has 1 aromatic heterocycles. The van der Waals surface area contributed by atoms with Crippen LogP contribution in [0.3, 0.4) is 0 Å². The largest absolute Gasteiger partial charge is 0.481 e. The molecule has 1 saturated heterocycles. The minimum atomic E-state index is 0.584. The lowest BCUT2D eigenvalue weighted by Crippen LogP contribution is -2.37. The van der Waals surface area contributed by atoms with E-state index in [9.17, 15) is 0 Å². The van der Waals surface area contributed by atoms with Crippen LogP contribution in [0.4, 0.5) is 5.82 Å². The lowest BCUT2D eigenvalue weighted by Gasteiger charge is -2.26. The zero-order valence-electron chi connectivity index (χ0n) is 10.8. The molecule has 0 saturated carbocycles. The predicted molar refractivity (Wildman–Crippen MR) is 68.9 cm³/mol. The summed E-state index contributed by atoms with van der Waals surface area (Å²) in [6.07, 6.45) is 2.59. The fourth-order valence-corrected chi connectivity index (χ4v) is 1.89. The van der Waals surface area contributed by atoms with Gasteiger partial charge < -0.3 is 14.8 Å². The molecular formula is C12H20N4O2. The highest BCUT2D eigenvalue weighted by molar-refractivity contribution is 5.36. The molecule has 0 spiro atoms. The van der Waals surface area contributed by atoms with Crippen LogP contribution in [0.5, 0.6) is 5.88 Å². The van der Waals surface area contributed by atoms with Crippen LogP contribution in [0.25, 0.3) is 0 Å². The summed E-state index contributed by atoms with van der Waals surface area (Å²) in [6.45, 7) is 5.80. The molecule has 18 heavy (non-hydrogen) atoms. The van der Waals surface area contributed by atoms with Crippen molar-refractivity contribution in [3.8, 4) is 5.88 Å². The minimum absolute atomic E-state index is 0.584. The smallest absolute Gasteiger partial charge is 0.218 e. The van der Waals surface area contributed by atoms with Crippen molar-refractivity contribution >= 4 is 5.82 Å². The number of nitrogens with one attached hydrogen (secondary N) is 1. The summed E-state index contributed by atoms with van der Waals surface area (Å²) in [5.41, 5.74) is 0. The molecule has 0 radical (unpaired) electrons. The van der Waals surface area contributed by atoms with Gasteiger partial charge in [-0.15, -0.1) is 0 Å². The highest BCUT2D eigenvalue weighted by Crippen LogP contribution is 2.09. The zero-order valence-corrected chi connectivity index (χ0v) is 10.8. The maximum Gasteiger partial charge on any atom is 0.218 e. The minimum Gasteiger partial charge on any atom is -0.481 e. The number of nitrogens with zero attached hydrogens (tertiary/aromatic N) is 3. The van der Waals surface area contributed by atoms with E-state index in [0.29, 0.717) is 5.88 Å². The van der Waals surface area contributed by atoms with Gasteiger partial charge in [-0.25, -0.2) is 9.97 Å². The van der Waals surface area contributed by atoms with Gasteiger partial charge in [0.15, 0.2) is 0 Å². The van der Waals surface area contributed by atoms with Crippen molar-refractivity contribution in [2.75, 3.05) is 51.8 Å². The summed E-state index contributed by atoms with van der Waals surface area (Å²) in [7, 11) is 1.60. The van der Waals surface area contributed by atoms with Crippen LogP contribution >= 0.6 is 0 Å². The summed E-state index contributed by atoms with van der Waals surface area (Å²) in [6, 6.07) is 1.80. The summed E-state index contributed by atoms with van der Waals surface area (Å²) < 4.78 is 10.4. The van der Waals surface area contributed by atoms with Crippen molar-refractivity contribution in [1.82, 2.24) is 14.9 Å². The van der Waals surface area contributed by atoms with Crippen molar-refractivity contribution in [1.29, 1.82) is 0 Å². The second-order valence-corrected chi connectivity index (χ2v) is 4.18. The Morgan fingerprint density at radius 1 is 1.39 bits per heavy atom. The van der Waals surface area contributed by atoms with Crippen molar-refractivity contribution in [2.45, 2.75) is 6.42 Å². The van der Waals surface area contributed by atoms with Crippen molar-refractivity contribution in [3.63, 3.8) is 0 Å². The van der Waals surface area contributed by atoms with Gasteiger partial charge in [-0.2, -0.15) is 0 Å². The number of rotatable bonds is 6. The molecule has 0 bridgehead atoms. The van der Waals surface area contributed by atoms with E-state index in [2.05, 4.69) is 20.2 Å². The van der Waals surface area contributed by atoms with Gasteiger partial charge >= 0.3 is 0 Å². The number of aromatic nitrogens is 2. The maximum atomic E-state index is 5.31. The van der Waals surface area contributed by atoms with Gasteiger partial charge in [0.25, 0.3) is 0 Å². The van der Waals surface area contributed by atoms with Gasteiger partial charge in [-0.3, -0.25) is 4.90 Å².